The quantitative estimate of drug-likeness (QED) is 0.644. The molecule has 0 saturated carbocycles. The number of nitrogens with zero attached hydrogens (tertiary/aromatic N) is 4. The Morgan fingerprint density at radius 2 is 1.20 bits per heavy atom. The van der Waals surface area contributed by atoms with Crippen LogP contribution in [-0.2, 0) is 0 Å². The molecule has 0 spiro atoms. The van der Waals surface area contributed by atoms with Crippen LogP contribution in [0, 0.1) is 30.3 Å². The Morgan fingerprint density at radius 3 is 1.40 bits per heavy atom. The van der Waals surface area contributed by atoms with Gasteiger partial charge in [0.15, 0.2) is 0 Å². The summed E-state index contributed by atoms with van der Waals surface area (Å²) in [5, 5.41) is 40.2. The van der Waals surface area contributed by atoms with Crippen LogP contribution in [0.1, 0.15) is 0 Å². The highest BCUT2D eigenvalue weighted by Crippen LogP contribution is 2.38. The van der Waals surface area contributed by atoms with Gasteiger partial charge in [0.05, 0.1) is 26.9 Å². The van der Waals surface area contributed by atoms with Gasteiger partial charge in [-0.3, -0.25) is 30.3 Å². The third-order valence-corrected chi connectivity index (χ3v) is 1.66. The zero-order valence-electron chi connectivity index (χ0n) is 10.8. The topological polar surface area (TPSA) is 153 Å². The van der Waals surface area contributed by atoms with Gasteiger partial charge in [0.25, 0.3) is 11.4 Å². The molecule has 0 heterocycles. The molecule has 110 valence electrons. The van der Waals surface area contributed by atoms with Gasteiger partial charge in [0.2, 0.25) is 0 Å². The van der Waals surface area contributed by atoms with Gasteiger partial charge in [0.1, 0.15) is 0 Å². The Morgan fingerprint density at radius 1 is 0.900 bits per heavy atom. The van der Waals surface area contributed by atoms with E-state index < -0.39 is 37.6 Å². The molecule has 0 aliphatic carbocycles. The Kier molecular flexibility index (Phi) is 5.96. The maximum absolute atomic E-state index is 10.4. The average Bonchev–Trinajstić information content (AvgIpc) is 2.27. The smallest absolute Gasteiger partial charge is 0.324 e. The minimum absolute atomic E-state index is 0.447. The summed E-state index contributed by atoms with van der Waals surface area (Å²) >= 11 is 0. The fourth-order valence-electron chi connectivity index (χ4n) is 0.974. The summed E-state index contributed by atoms with van der Waals surface area (Å²) in [6, 6.07) is 0.894. The molecule has 1 N–H and O–H groups in total. The third-order valence-electron chi connectivity index (χ3n) is 1.66. The number of phenols is 1. The van der Waals surface area contributed by atoms with Gasteiger partial charge in [-0.1, -0.05) is 0 Å². The van der Waals surface area contributed by atoms with Crippen molar-refractivity contribution in [3.05, 3.63) is 42.5 Å². The zero-order chi connectivity index (χ0) is 16.0. The highest BCUT2D eigenvalue weighted by Gasteiger charge is 2.29. The molecule has 20 heavy (non-hydrogen) atoms. The number of hydrogen-bond donors (Lipinski definition) is 1. The number of rotatable bonds is 3. The van der Waals surface area contributed by atoms with E-state index in [4.69, 9.17) is 5.11 Å². The molecular formula is C9H12N4O7. The first-order valence-corrected chi connectivity index (χ1v) is 4.99. The molecule has 11 heteroatoms. The summed E-state index contributed by atoms with van der Waals surface area (Å²) in [6.45, 7) is 0. The van der Waals surface area contributed by atoms with E-state index in [1.807, 2.05) is 26.0 Å². The van der Waals surface area contributed by atoms with Crippen molar-refractivity contribution in [1.82, 2.24) is 4.90 Å². The Balaban J connectivity index is 0.000000796. The molecule has 0 unspecified atom stereocenters. The first-order chi connectivity index (χ1) is 9.07. The number of phenolic OH excluding ortho intramolecular Hbond substituents is 1. The van der Waals surface area contributed by atoms with Gasteiger partial charge < -0.3 is 10.0 Å². The molecule has 0 bridgehead atoms. The predicted molar refractivity (Wildman–Crippen MR) is 67.7 cm³/mol. The van der Waals surface area contributed by atoms with Gasteiger partial charge in [-0.25, -0.2) is 0 Å². The molecule has 0 saturated heterocycles. The first-order valence-electron chi connectivity index (χ1n) is 4.99. The first kappa shape index (κ1) is 17.2. The fraction of sp³-hybridized carbons (Fsp3) is 0.333. The van der Waals surface area contributed by atoms with Crippen LogP contribution in [0.5, 0.6) is 5.75 Å². The van der Waals surface area contributed by atoms with Crippen LogP contribution in [0.2, 0.25) is 0 Å². The molecule has 0 amide bonds. The van der Waals surface area contributed by atoms with E-state index in [1.165, 1.54) is 0 Å². The summed E-state index contributed by atoms with van der Waals surface area (Å²) in [6.07, 6.45) is 0. The predicted octanol–water partition coefficient (Wildman–Crippen LogP) is 1.29. The van der Waals surface area contributed by atoms with Crippen LogP contribution in [0.25, 0.3) is 0 Å². The highest BCUT2D eigenvalue weighted by molar-refractivity contribution is 5.64. The summed E-state index contributed by atoms with van der Waals surface area (Å²) in [5.74, 6) is -1.21. The van der Waals surface area contributed by atoms with Gasteiger partial charge >= 0.3 is 11.4 Å². The number of hydrogen-bond acceptors (Lipinski definition) is 8. The van der Waals surface area contributed by atoms with Crippen molar-refractivity contribution in [2.75, 3.05) is 21.1 Å². The number of non-ortho nitro benzene ring substituents is 1. The van der Waals surface area contributed by atoms with Crippen LogP contribution in [-0.4, -0.2) is 45.9 Å². The number of benzene rings is 1. The van der Waals surface area contributed by atoms with Crippen molar-refractivity contribution in [3.63, 3.8) is 0 Å². The molecule has 1 aromatic carbocycles. The van der Waals surface area contributed by atoms with Crippen molar-refractivity contribution in [3.8, 4) is 5.75 Å². The van der Waals surface area contributed by atoms with Crippen molar-refractivity contribution < 1.29 is 19.9 Å². The molecule has 0 fully saturated rings. The maximum Gasteiger partial charge on any atom is 0.324 e. The number of nitro groups is 3. The lowest BCUT2D eigenvalue weighted by molar-refractivity contribution is -0.404. The molecule has 0 aliphatic heterocycles. The molecule has 0 atom stereocenters. The van der Waals surface area contributed by atoms with Crippen molar-refractivity contribution in [1.29, 1.82) is 0 Å². The van der Waals surface area contributed by atoms with Gasteiger partial charge in [-0.2, -0.15) is 0 Å². The van der Waals surface area contributed by atoms with E-state index in [0.29, 0.717) is 12.1 Å². The standard InChI is InChI=1S/C6H3N3O7.C3H9N/c10-6-4(8(13)14)1-3(7(11)12)2-5(6)9(15)16;1-4(2)3/h1-2,10H;1-3H3. The van der Waals surface area contributed by atoms with Gasteiger partial charge in [-0.15, -0.1) is 0 Å². The molecular weight excluding hydrogens is 276 g/mol. The molecule has 0 aliphatic rings. The van der Waals surface area contributed by atoms with Gasteiger partial charge in [-0.05, 0) is 21.1 Å². The van der Waals surface area contributed by atoms with Crippen LogP contribution in [0.4, 0.5) is 17.1 Å². The van der Waals surface area contributed by atoms with Crippen LogP contribution >= 0.6 is 0 Å². The lowest BCUT2D eigenvalue weighted by Crippen LogP contribution is -1.99. The Bertz CT molecular complexity index is 505. The van der Waals surface area contributed by atoms with E-state index in [0.717, 1.165) is 0 Å². The second-order valence-electron chi connectivity index (χ2n) is 3.95. The maximum atomic E-state index is 10.4. The summed E-state index contributed by atoms with van der Waals surface area (Å²) in [4.78, 5) is 29.8. The summed E-state index contributed by atoms with van der Waals surface area (Å²) in [5.41, 5.74) is -3.00. The van der Waals surface area contributed by atoms with Crippen molar-refractivity contribution in [2.45, 2.75) is 0 Å². The monoisotopic (exact) mass is 288 g/mol. The Labute approximate surface area is 112 Å². The third kappa shape index (κ3) is 4.81. The normalized spacial score (nSPS) is 9.60. The van der Waals surface area contributed by atoms with Crippen LogP contribution in [0.3, 0.4) is 0 Å². The minimum Gasteiger partial charge on any atom is -0.497 e. The van der Waals surface area contributed by atoms with Crippen molar-refractivity contribution >= 4 is 17.1 Å². The SMILES string of the molecule is CN(C)C.O=[N+]([O-])c1cc([N+](=O)[O-])c(O)c([N+](=O)[O-])c1. The average molecular weight is 288 g/mol. The number of aromatic hydroxyl groups is 1. The van der Waals surface area contributed by atoms with Crippen molar-refractivity contribution in [2.24, 2.45) is 0 Å². The molecule has 1 aromatic rings. The van der Waals surface area contributed by atoms with E-state index >= 15 is 0 Å². The highest BCUT2D eigenvalue weighted by atomic mass is 16.6. The number of nitro benzene ring substituents is 3. The second-order valence-corrected chi connectivity index (χ2v) is 3.95. The second kappa shape index (κ2) is 6.94. The zero-order valence-corrected chi connectivity index (χ0v) is 10.8. The summed E-state index contributed by atoms with van der Waals surface area (Å²) in [7, 11) is 6.00. The fourth-order valence-corrected chi connectivity index (χ4v) is 0.974. The molecule has 0 aromatic heterocycles. The van der Waals surface area contributed by atoms with Crippen LogP contribution in [0.15, 0.2) is 12.1 Å². The lowest BCUT2D eigenvalue weighted by atomic mass is 10.2. The largest absolute Gasteiger partial charge is 0.497 e. The van der Waals surface area contributed by atoms with E-state index in [9.17, 15) is 30.3 Å². The minimum atomic E-state index is -1.21. The molecule has 0 radical (unpaired) electrons. The van der Waals surface area contributed by atoms with E-state index in [-0.39, 0.29) is 0 Å². The van der Waals surface area contributed by atoms with E-state index in [2.05, 4.69) is 0 Å². The summed E-state index contributed by atoms with van der Waals surface area (Å²) < 4.78 is 0. The molecule has 1 rings (SSSR count). The lowest BCUT2D eigenvalue weighted by Gasteiger charge is -1.97. The van der Waals surface area contributed by atoms with Gasteiger partial charge in [0, 0.05) is 0 Å². The van der Waals surface area contributed by atoms with Crippen LogP contribution < -0.4 is 0 Å². The molecule has 11 nitrogen and oxygen atoms in total. The Hall–Kier alpha value is -2.82. The van der Waals surface area contributed by atoms with E-state index in [1.54, 1.807) is 0 Å².